The van der Waals surface area contributed by atoms with Crippen molar-refractivity contribution in [3.63, 3.8) is 0 Å². The predicted molar refractivity (Wildman–Crippen MR) is 236 cm³/mol. The average Bonchev–Trinajstić information content (AvgIpc) is 3.98. The summed E-state index contributed by atoms with van der Waals surface area (Å²) >= 11 is 3.51. The maximum atomic E-state index is 6.48. The average molecular weight is 766 g/mol. The number of nitrogens with zero attached hydrogens (tertiary/aromatic N) is 5. The first kappa shape index (κ1) is 32.1. The second-order valence-electron chi connectivity index (χ2n) is 14.0. The third-order valence-corrected chi connectivity index (χ3v) is 12.9. The number of hydrogen-bond donors (Lipinski definition) is 0. The minimum absolute atomic E-state index is 0.558. The third kappa shape index (κ3) is 5.19. The standard InChI is InChI=1S/C49H27N5OS2/c1-3-13-28(14-4-1)46-50-42(45-43(51-46)33-18-8-10-23-38(33)57-45)30-25-26-39-36(27-30)41-34(20-12-24-40(41)56-39)48-52-47(29-15-5-2-6-16-29)53-49(54-48)35-21-11-19-32-31-17-7-9-22-37(31)55-44(32)35/h1-27H. The molecule has 0 N–H and O–H groups in total. The predicted octanol–water partition coefficient (Wildman–Crippen LogP) is 13.6. The van der Waals surface area contributed by atoms with Crippen molar-refractivity contribution in [3.8, 4) is 56.8 Å². The molecule has 0 aliphatic carbocycles. The zero-order chi connectivity index (χ0) is 37.5. The SMILES string of the molecule is c1ccc(-c2nc(-c3cccc4c3oc3ccccc34)nc(-c3cccc4sc5ccc(-c6nc(-c7ccccc7)nc7c6sc6ccccc67)cc5c34)n2)cc1. The van der Waals surface area contributed by atoms with E-state index in [0.717, 1.165) is 86.5 Å². The molecule has 12 aromatic rings. The Hall–Kier alpha value is -7.13. The van der Waals surface area contributed by atoms with Crippen molar-refractivity contribution in [3.05, 3.63) is 164 Å². The van der Waals surface area contributed by atoms with Gasteiger partial charge in [0.05, 0.1) is 21.5 Å². The van der Waals surface area contributed by atoms with Crippen LogP contribution < -0.4 is 0 Å². The Labute approximate surface area is 333 Å². The van der Waals surface area contributed by atoms with Crippen LogP contribution in [0.2, 0.25) is 0 Å². The van der Waals surface area contributed by atoms with Crippen LogP contribution in [0.1, 0.15) is 0 Å². The summed E-state index contributed by atoms with van der Waals surface area (Å²) in [6.45, 7) is 0. The van der Waals surface area contributed by atoms with Gasteiger partial charge in [-0.15, -0.1) is 22.7 Å². The van der Waals surface area contributed by atoms with Crippen molar-refractivity contribution in [2.45, 2.75) is 0 Å². The fourth-order valence-electron chi connectivity index (χ4n) is 7.92. The van der Waals surface area contributed by atoms with E-state index in [1.807, 2.05) is 78.9 Å². The number of para-hydroxylation sites is 2. The lowest BCUT2D eigenvalue weighted by Crippen LogP contribution is -2.00. The van der Waals surface area contributed by atoms with E-state index in [0.29, 0.717) is 23.3 Å². The van der Waals surface area contributed by atoms with E-state index in [-0.39, 0.29) is 0 Å². The topological polar surface area (TPSA) is 77.6 Å². The maximum absolute atomic E-state index is 6.48. The molecule has 57 heavy (non-hydrogen) atoms. The lowest BCUT2D eigenvalue weighted by atomic mass is 10.0. The summed E-state index contributed by atoms with van der Waals surface area (Å²) in [5.74, 6) is 2.47. The fraction of sp³-hybridized carbons (Fsp3) is 0. The molecule has 0 radical (unpaired) electrons. The maximum Gasteiger partial charge on any atom is 0.167 e. The Balaban J connectivity index is 1.10. The van der Waals surface area contributed by atoms with Crippen molar-refractivity contribution >= 4 is 85.1 Å². The van der Waals surface area contributed by atoms with Crippen LogP contribution in [0, 0.1) is 0 Å². The van der Waals surface area contributed by atoms with Crippen LogP contribution >= 0.6 is 22.7 Å². The quantitative estimate of drug-likeness (QED) is 0.174. The molecule has 12 rings (SSSR count). The Bertz CT molecular complexity index is 3540. The van der Waals surface area contributed by atoms with Crippen LogP contribution in [0.25, 0.3) is 119 Å². The van der Waals surface area contributed by atoms with E-state index >= 15 is 0 Å². The summed E-state index contributed by atoms with van der Waals surface area (Å²) in [5.41, 5.74) is 8.17. The van der Waals surface area contributed by atoms with E-state index in [4.69, 9.17) is 29.3 Å². The largest absolute Gasteiger partial charge is 0.455 e. The Morgan fingerprint density at radius 2 is 1.00 bits per heavy atom. The summed E-state index contributed by atoms with van der Waals surface area (Å²) in [4.78, 5) is 26.0. The number of hydrogen-bond acceptors (Lipinski definition) is 8. The molecule has 0 saturated carbocycles. The fourth-order valence-corrected chi connectivity index (χ4v) is 10.2. The first-order valence-corrected chi connectivity index (χ1v) is 20.3. The second kappa shape index (κ2) is 12.7. The van der Waals surface area contributed by atoms with Crippen molar-refractivity contribution in [2.24, 2.45) is 0 Å². The van der Waals surface area contributed by atoms with Crippen molar-refractivity contribution < 1.29 is 4.42 Å². The first-order valence-electron chi connectivity index (χ1n) is 18.7. The highest BCUT2D eigenvalue weighted by Crippen LogP contribution is 2.44. The van der Waals surface area contributed by atoms with Crippen LogP contribution in [0.15, 0.2) is 168 Å². The molecule has 0 spiro atoms. The molecule has 0 atom stereocenters. The van der Waals surface area contributed by atoms with Crippen LogP contribution in [-0.2, 0) is 0 Å². The molecule has 0 unspecified atom stereocenters. The smallest absolute Gasteiger partial charge is 0.167 e. The van der Waals surface area contributed by atoms with Gasteiger partial charge in [-0.05, 0) is 36.4 Å². The van der Waals surface area contributed by atoms with Crippen molar-refractivity contribution in [1.82, 2.24) is 24.9 Å². The molecule has 0 aliphatic rings. The normalized spacial score (nSPS) is 11.9. The molecule has 8 heteroatoms. The van der Waals surface area contributed by atoms with Gasteiger partial charge < -0.3 is 4.42 Å². The van der Waals surface area contributed by atoms with E-state index in [1.165, 1.54) is 9.40 Å². The summed E-state index contributed by atoms with van der Waals surface area (Å²) in [7, 11) is 0. The minimum atomic E-state index is 0.558. The molecule has 6 nitrogen and oxygen atoms in total. The first-order chi connectivity index (χ1) is 28.2. The van der Waals surface area contributed by atoms with E-state index in [1.54, 1.807) is 22.7 Å². The van der Waals surface area contributed by atoms with Crippen LogP contribution in [0.3, 0.4) is 0 Å². The van der Waals surface area contributed by atoms with Crippen LogP contribution in [-0.4, -0.2) is 24.9 Å². The van der Waals surface area contributed by atoms with E-state index in [9.17, 15) is 0 Å². The second-order valence-corrected chi connectivity index (χ2v) is 16.1. The molecule has 0 fully saturated rings. The number of benzene rings is 7. The van der Waals surface area contributed by atoms with Gasteiger partial charge in [0.15, 0.2) is 23.3 Å². The number of furan rings is 1. The molecule has 266 valence electrons. The van der Waals surface area contributed by atoms with E-state index in [2.05, 4.69) is 84.9 Å². The highest BCUT2D eigenvalue weighted by atomic mass is 32.1. The third-order valence-electron chi connectivity index (χ3n) is 10.6. The molecule has 0 saturated heterocycles. The molecule has 0 aliphatic heterocycles. The van der Waals surface area contributed by atoms with Gasteiger partial charge in [-0.25, -0.2) is 24.9 Å². The number of fused-ring (bicyclic) bond motifs is 9. The molecular weight excluding hydrogens is 739 g/mol. The molecule has 7 aromatic carbocycles. The molecule has 0 bridgehead atoms. The lowest BCUT2D eigenvalue weighted by molar-refractivity contribution is 0.669. The van der Waals surface area contributed by atoms with Crippen LogP contribution in [0.4, 0.5) is 0 Å². The van der Waals surface area contributed by atoms with Crippen molar-refractivity contribution in [2.75, 3.05) is 0 Å². The molecule has 5 aromatic heterocycles. The zero-order valence-corrected chi connectivity index (χ0v) is 31.7. The summed E-state index contributed by atoms with van der Waals surface area (Å²) < 4.78 is 11.1. The highest BCUT2D eigenvalue weighted by Gasteiger charge is 2.22. The van der Waals surface area contributed by atoms with Gasteiger partial charge in [0.1, 0.15) is 11.2 Å². The number of thiophene rings is 2. The van der Waals surface area contributed by atoms with Gasteiger partial charge in [0.2, 0.25) is 0 Å². The summed E-state index contributed by atoms with van der Waals surface area (Å²) in [6, 6.07) is 56.2. The Morgan fingerprint density at radius 3 is 1.82 bits per heavy atom. The van der Waals surface area contributed by atoms with Gasteiger partial charge in [-0.2, -0.15) is 0 Å². The Kier molecular flexibility index (Phi) is 7.17. The zero-order valence-electron chi connectivity index (χ0n) is 30.0. The van der Waals surface area contributed by atoms with Crippen molar-refractivity contribution in [1.29, 1.82) is 0 Å². The van der Waals surface area contributed by atoms with Gasteiger partial charge in [0, 0.05) is 63.3 Å². The monoisotopic (exact) mass is 765 g/mol. The van der Waals surface area contributed by atoms with Gasteiger partial charge in [0.25, 0.3) is 0 Å². The molecular formula is C49H27N5OS2. The Morgan fingerprint density at radius 1 is 0.386 bits per heavy atom. The summed E-state index contributed by atoms with van der Waals surface area (Å²) in [5, 5.41) is 5.45. The number of rotatable bonds is 5. The van der Waals surface area contributed by atoms with E-state index < -0.39 is 0 Å². The van der Waals surface area contributed by atoms with Crippen LogP contribution in [0.5, 0.6) is 0 Å². The molecule has 5 heterocycles. The minimum Gasteiger partial charge on any atom is -0.455 e. The summed E-state index contributed by atoms with van der Waals surface area (Å²) in [6.07, 6.45) is 0. The molecule has 0 amide bonds. The van der Waals surface area contributed by atoms with Gasteiger partial charge in [-0.1, -0.05) is 127 Å². The van der Waals surface area contributed by atoms with Gasteiger partial charge >= 0.3 is 0 Å². The highest BCUT2D eigenvalue weighted by molar-refractivity contribution is 7.26. The van der Waals surface area contributed by atoms with Gasteiger partial charge in [-0.3, -0.25) is 0 Å². The lowest BCUT2D eigenvalue weighted by Gasteiger charge is -2.10. The number of aromatic nitrogens is 5.